The van der Waals surface area contributed by atoms with Crippen molar-refractivity contribution < 1.29 is 28.2 Å². The smallest absolute Gasteiger partial charge is 0.325 e. The molecule has 2 aromatic carbocycles. The van der Waals surface area contributed by atoms with Crippen LogP contribution in [-0.4, -0.2) is 35.1 Å². The van der Waals surface area contributed by atoms with Crippen LogP contribution in [0.4, 0.5) is 13.6 Å². The molecule has 1 fully saturated rings. The van der Waals surface area contributed by atoms with Crippen molar-refractivity contribution in [3.63, 3.8) is 0 Å². The fraction of sp³-hybridized carbons (Fsp3) is 0.263. The minimum atomic E-state index is -1.35. The lowest BCUT2D eigenvalue weighted by Crippen LogP contribution is -2.47. The highest BCUT2D eigenvalue weighted by Crippen LogP contribution is 2.41. The van der Waals surface area contributed by atoms with E-state index in [4.69, 9.17) is 4.74 Å². The third-order valence-corrected chi connectivity index (χ3v) is 4.94. The Balaban J connectivity index is 1.62. The van der Waals surface area contributed by atoms with Crippen molar-refractivity contribution in [2.24, 2.45) is 0 Å². The lowest BCUT2D eigenvalue weighted by atomic mass is 9.84. The number of benzene rings is 2. The molecule has 2 heterocycles. The van der Waals surface area contributed by atoms with Crippen LogP contribution in [0.3, 0.4) is 0 Å². The Morgan fingerprint density at radius 2 is 1.96 bits per heavy atom. The lowest BCUT2D eigenvalue weighted by molar-refractivity contribution is -0.133. The zero-order valence-corrected chi connectivity index (χ0v) is 14.1. The van der Waals surface area contributed by atoms with Crippen LogP contribution in [0.15, 0.2) is 42.5 Å². The maximum absolute atomic E-state index is 13.4. The van der Waals surface area contributed by atoms with Gasteiger partial charge in [-0.15, -0.1) is 0 Å². The molecule has 2 aliphatic rings. The number of nitrogens with one attached hydrogen (secondary N) is 1. The number of carbonyl (C=O) groups is 2. The standard InChI is InChI=1S/C19H16F2N2O4/c20-13-6-5-11(9-14(13)21)15(24)10-23-17(25)19(22-18(23)26)7-8-27-16-4-2-1-3-12(16)19/h1-6,9,15,24H,7-8,10H2,(H,22,26). The fourth-order valence-corrected chi connectivity index (χ4v) is 3.54. The Morgan fingerprint density at radius 1 is 1.19 bits per heavy atom. The molecule has 0 radical (unpaired) electrons. The molecule has 0 aliphatic carbocycles. The van der Waals surface area contributed by atoms with Crippen LogP contribution in [-0.2, 0) is 10.3 Å². The first-order valence-corrected chi connectivity index (χ1v) is 8.42. The minimum Gasteiger partial charge on any atom is -0.493 e. The molecule has 2 atom stereocenters. The highest BCUT2D eigenvalue weighted by molar-refractivity contribution is 6.08. The first-order valence-electron chi connectivity index (χ1n) is 8.42. The van der Waals surface area contributed by atoms with Crippen LogP contribution in [0.25, 0.3) is 0 Å². The number of halogens is 2. The molecule has 2 aliphatic heterocycles. The van der Waals surface area contributed by atoms with Gasteiger partial charge in [-0.05, 0) is 23.8 Å². The van der Waals surface area contributed by atoms with Gasteiger partial charge in [0.25, 0.3) is 5.91 Å². The minimum absolute atomic E-state index is 0.0721. The molecule has 3 amide bonds. The quantitative estimate of drug-likeness (QED) is 0.808. The van der Waals surface area contributed by atoms with Gasteiger partial charge in [-0.2, -0.15) is 0 Å². The second-order valence-electron chi connectivity index (χ2n) is 6.54. The van der Waals surface area contributed by atoms with Gasteiger partial charge >= 0.3 is 6.03 Å². The van der Waals surface area contributed by atoms with Crippen LogP contribution < -0.4 is 10.1 Å². The molecule has 8 heteroatoms. The van der Waals surface area contributed by atoms with Gasteiger partial charge in [0.05, 0.1) is 19.3 Å². The molecule has 0 aromatic heterocycles. The summed E-state index contributed by atoms with van der Waals surface area (Å²) < 4.78 is 32.0. The van der Waals surface area contributed by atoms with Crippen molar-refractivity contribution in [3.8, 4) is 5.75 Å². The number of aliphatic hydroxyl groups is 1. The summed E-state index contributed by atoms with van der Waals surface area (Å²) in [7, 11) is 0. The number of amides is 3. The maximum atomic E-state index is 13.4. The van der Waals surface area contributed by atoms with E-state index in [1.807, 2.05) is 0 Å². The van der Waals surface area contributed by atoms with Gasteiger partial charge in [-0.25, -0.2) is 13.6 Å². The summed E-state index contributed by atoms with van der Waals surface area (Å²) in [5.74, 6) is -2.15. The molecule has 27 heavy (non-hydrogen) atoms. The molecule has 1 spiro atoms. The average Bonchev–Trinajstić information content (AvgIpc) is 2.89. The van der Waals surface area contributed by atoms with Crippen LogP contribution in [0, 0.1) is 11.6 Å². The number of ether oxygens (including phenoxy) is 1. The number of aliphatic hydroxyl groups excluding tert-OH is 1. The van der Waals surface area contributed by atoms with Gasteiger partial charge in [-0.3, -0.25) is 9.69 Å². The Bertz CT molecular complexity index is 936. The summed E-state index contributed by atoms with van der Waals surface area (Å²) >= 11 is 0. The molecule has 0 bridgehead atoms. The molecule has 4 rings (SSSR count). The summed E-state index contributed by atoms with van der Waals surface area (Å²) in [5.41, 5.74) is -0.623. The Hall–Kier alpha value is -3.00. The molecule has 6 nitrogen and oxygen atoms in total. The van der Waals surface area contributed by atoms with Crippen LogP contribution in [0.1, 0.15) is 23.7 Å². The fourth-order valence-electron chi connectivity index (χ4n) is 3.54. The van der Waals surface area contributed by atoms with Crippen molar-refractivity contribution in [3.05, 3.63) is 65.2 Å². The van der Waals surface area contributed by atoms with Crippen LogP contribution >= 0.6 is 0 Å². The maximum Gasteiger partial charge on any atom is 0.325 e. The first kappa shape index (κ1) is 17.4. The van der Waals surface area contributed by atoms with E-state index < -0.39 is 35.2 Å². The van der Waals surface area contributed by atoms with E-state index in [1.54, 1.807) is 24.3 Å². The van der Waals surface area contributed by atoms with E-state index in [9.17, 15) is 23.5 Å². The Labute approximate surface area is 153 Å². The largest absolute Gasteiger partial charge is 0.493 e. The monoisotopic (exact) mass is 374 g/mol. The second-order valence-corrected chi connectivity index (χ2v) is 6.54. The molecule has 140 valence electrons. The highest BCUT2D eigenvalue weighted by Gasteiger charge is 2.55. The van der Waals surface area contributed by atoms with Gasteiger partial charge in [0.15, 0.2) is 17.2 Å². The second kappa shape index (κ2) is 6.31. The topological polar surface area (TPSA) is 78.9 Å². The first-order chi connectivity index (χ1) is 12.9. The van der Waals surface area contributed by atoms with E-state index in [-0.39, 0.29) is 25.1 Å². The van der Waals surface area contributed by atoms with Crippen molar-refractivity contribution in [2.45, 2.75) is 18.1 Å². The van der Waals surface area contributed by atoms with Gasteiger partial charge in [-0.1, -0.05) is 24.3 Å². The number of para-hydroxylation sites is 1. The summed E-state index contributed by atoms with van der Waals surface area (Å²) in [6.07, 6.45) is -1.09. The number of β-amino-alcohol motifs (C(OH)–C–C–N with tert-alkyl or cyclic N) is 1. The van der Waals surface area contributed by atoms with Gasteiger partial charge < -0.3 is 15.2 Å². The average molecular weight is 374 g/mol. The number of hydrogen-bond acceptors (Lipinski definition) is 4. The third kappa shape index (κ3) is 2.73. The Morgan fingerprint density at radius 3 is 2.74 bits per heavy atom. The highest BCUT2D eigenvalue weighted by atomic mass is 19.2. The number of nitrogens with zero attached hydrogens (tertiary/aromatic N) is 1. The van der Waals surface area contributed by atoms with E-state index in [0.29, 0.717) is 11.3 Å². The summed E-state index contributed by atoms with van der Waals surface area (Å²) in [6.45, 7) is -0.122. The Kier molecular flexibility index (Phi) is 4.07. The molecule has 1 saturated heterocycles. The SMILES string of the molecule is O=C1NC2(CCOc3ccccc32)C(=O)N1CC(O)c1ccc(F)c(F)c1. The number of hydrogen-bond donors (Lipinski definition) is 2. The summed E-state index contributed by atoms with van der Waals surface area (Å²) in [5, 5.41) is 13.0. The zero-order valence-electron chi connectivity index (χ0n) is 14.1. The number of imide groups is 1. The predicted molar refractivity (Wildman–Crippen MR) is 89.8 cm³/mol. The molecular weight excluding hydrogens is 358 g/mol. The molecule has 2 N–H and O–H groups in total. The van der Waals surface area contributed by atoms with Crippen LogP contribution in [0.5, 0.6) is 5.75 Å². The van der Waals surface area contributed by atoms with E-state index in [2.05, 4.69) is 5.32 Å². The van der Waals surface area contributed by atoms with Crippen molar-refractivity contribution in [1.82, 2.24) is 10.2 Å². The van der Waals surface area contributed by atoms with Crippen molar-refractivity contribution in [1.29, 1.82) is 0 Å². The predicted octanol–water partition coefficient (Wildman–Crippen LogP) is 2.23. The number of urea groups is 1. The van der Waals surface area contributed by atoms with Gasteiger partial charge in [0.2, 0.25) is 0 Å². The number of rotatable bonds is 3. The molecule has 0 saturated carbocycles. The van der Waals surface area contributed by atoms with Crippen molar-refractivity contribution >= 4 is 11.9 Å². The van der Waals surface area contributed by atoms with E-state index in [1.165, 1.54) is 6.07 Å². The van der Waals surface area contributed by atoms with E-state index in [0.717, 1.165) is 17.0 Å². The van der Waals surface area contributed by atoms with E-state index >= 15 is 0 Å². The summed E-state index contributed by atoms with van der Waals surface area (Å²) in [4.78, 5) is 26.4. The molecular formula is C19H16F2N2O4. The van der Waals surface area contributed by atoms with Gasteiger partial charge in [0, 0.05) is 12.0 Å². The van der Waals surface area contributed by atoms with Crippen LogP contribution in [0.2, 0.25) is 0 Å². The van der Waals surface area contributed by atoms with Gasteiger partial charge in [0.1, 0.15) is 5.75 Å². The normalized spacial score (nSPS) is 22.4. The number of fused-ring (bicyclic) bond motifs is 2. The summed E-state index contributed by atoms with van der Waals surface area (Å²) in [6, 6.07) is 9.22. The lowest BCUT2D eigenvalue weighted by Gasteiger charge is -2.33. The zero-order chi connectivity index (χ0) is 19.2. The molecule has 2 aromatic rings. The third-order valence-electron chi connectivity index (χ3n) is 4.94. The van der Waals surface area contributed by atoms with Crippen molar-refractivity contribution in [2.75, 3.05) is 13.2 Å². The molecule has 2 unspecified atom stereocenters. The number of carbonyl (C=O) groups excluding carboxylic acids is 2.